The first-order chi connectivity index (χ1) is 9.72. The number of ether oxygens (including phenoxy) is 1. The van der Waals surface area contributed by atoms with Crippen molar-refractivity contribution >= 4 is 11.1 Å². The van der Waals surface area contributed by atoms with Crippen LogP contribution < -0.4 is 10.3 Å². The van der Waals surface area contributed by atoms with Crippen molar-refractivity contribution in [1.29, 1.82) is 0 Å². The molecular formula is C14H13N3O3. The first-order valence-electron chi connectivity index (χ1n) is 6.25. The second kappa shape index (κ2) is 4.80. The molecule has 3 rings (SSSR count). The number of oxazole rings is 1. The van der Waals surface area contributed by atoms with Gasteiger partial charge in [-0.25, -0.2) is 10.1 Å². The normalized spacial score (nSPS) is 10.9. The van der Waals surface area contributed by atoms with Crippen molar-refractivity contribution < 1.29 is 9.15 Å². The van der Waals surface area contributed by atoms with Crippen molar-refractivity contribution in [2.24, 2.45) is 0 Å². The fourth-order valence-corrected chi connectivity index (χ4v) is 2.04. The summed E-state index contributed by atoms with van der Waals surface area (Å²) in [5.41, 5.74) is 2.42. The van der Waals surface area contributed by atoms with Gasteiger partial charge in [-0.15, -0.1) is 0 Å². The average Bonchev–Trinajstić information content (AvgIpc) is 2.91. The summed E-state index contributed by atoms with van der Waals surface area (Å²) < 4.78 is 11.0. The maximum atomic E-state index is 11.1. The van der Waals surface area contributed by atoms with Crippen molar-refractivity contribution in [3.63, 3.8) is 0 Å². The summed E-state index contributed by atoms with van der Waals surface area (Å²) >= 11 is 0. The molecule has 0 aliphatic heterocycles. The Bertz CT molecular complexity index is 800. The summed E-state index contributed by atoms with van der Waals surface area (Å²) in [7, 11) is 1.59. The van der Waals surface area contributed by atoms with Crippen LogP contribution in [0.5, 0.6) is 5.75 Å². The van der Waals surface area contributed by atoms with Crippen molar-refractivity contribution in [1.82, 2.24) is 15.2 Å². The third kappa shape index (κ3) is 1.95. The number of aromatic nitrogens is 3. The van der Waals surface area contributed by atoms with E-state index < -0.39 is 0 Å². The van der Waals surface area contributed by atoms with Gasteiger partial charge < -0.3 is 9.15 Å². The minimum absolute atomic E-state index is 0.245. The van der Waals surface area contributed by atoms with Crippen LogP contribution in [0.25, 0.3) is 22.4 Å². The van der Waals surface area contributed by atoms with E-state index in [2.05, 4.69) is 15.2 Å². The number of aryl methyl sites for hydroxylation is 1. The van der Waals surface area contributed by atoms with E-state index in [4.69, 9.17) is 9.15 Å². The number of rotatable bonds is 3. The lowest BCUT2D eigenvalue weighted by atomic mass is 10.1. The predicted molar refractivity (Wildman–Crippen MR) is 73.8 cm³/mol. The van der Waals surface area contributed by atoms with Gasteiger partial charge in [0.2, 0.25) is 0 Å². The van der Waals surface area contributed by atoms with E-state index in [0.717, 1.165) is 5.56 Å². The second-order valence-electron chi connectivity index (χ2n) is 4.26. The van der Waals surface area contributed by atoms with Crippen LogP contribution in [0, 0.1) is 0 Å². The molecule has 1 N–H and O–H groups in total. The molecule has 0 fully saturated rings. The van der Waals surface area contributed by atoms with Crippen molar-refractivity contribution in [3.8, 4) is 17.0 Å². The summed E-state index contributed by atoms with van der Waals surface area (Å²) in [6.07, 6.45) is 0.691. The van der Waals surface area contributed by atoms with Crippen LogP contribution in [0.4, 0.5) is 0 Å². The fourth-order valence-electron chi connectivity index (χ4n) is 2.04. The van der Waals surface area contributed by atoms with E-state index in [1.807, 2.05) is 19.1 Å². The molecular weight excluding hydrogens is 258 g/mol. The standard InChI is InChI=1S/C14H13N3O3/c1-3-12-15-13-10(19-2)6-4-8(14(13)20-12)9-5-7-11(18)17-16-9/h4-7H,3H2,1-2H3,(H,17,18). The molecule has 20 heavy (non-hydrogen) atoms. The van der Waals surface area contributed by atoms with E-state index in [-0.39, 0.29) is 5.56 Å². The first-order valence-corrected chi connectivity index (χ1v) is 6.25. The van der Waals surface area contributed by atoms with Gasteiger partial charge in [-0.1, -0.05) is 6.92 Å². The van der Waals surface area contributed by atoms with Crippen LogP contribution in [-0.4, -0.2) is 22.3 Å². The molecule has 0 amide bonds. The van der Waals surface area contributed by atoms with E-state index in [1.165, 1.54) is 6.07 Å². The van der Waals surface area contributed by atoms with Crippen LogP contribution in [-0.2, 0) is 6.42 Å². The summed E-state index contributed by atoms with van der Waals surface area (Å²) in [5.74, 6) is 1.28. The van der Waals surface area contributed by atoms with Gasteiger partial charge in [0.1, 0.15) is 5.75 Å². The van der Waals surface area contributed by atoms with Gasteiger partial charge in [-0.05, 0) is 18.2 Å². The number of hydrogen-bond acceptors (Lipinski definition) is 5. The van der Waals surface area contributed by atoms with Crippen LogP contribution >= 0.6 is 0 Å². The second-order valence-corrected chi connectivity index (χ2v) is 4.26. The summed E-state index contributed by atoms with van der Waals surface area (Å²) in [6, 6.07) is 6.72. The molecule has 0 saturated carbocycles. The Morgan fingerprint density at radius 3 is 2.80 bits per heavy atom. The number of nitrogens with one attached hydrogen (secondary N) is 1. The molecule has 0 saturated heterocycles. The largest absolute Gasteiger partial charge is 0.494 e. The highest BCUT2D eigenvalue weighted by Crippen LogP contribution is 2.33. The van der Waals surface area contributed by atoms with Gasteiger partial charge >= 0.3 is 0 Å². The lowest BCUT2D eigenvalue weighted by Crippen LogP contribution is -2.05. The maximum absolute atomic E-state index is 11.1. The summed E-state index contributed by atoms with van der Waals surface area (Å²) in [6.45, 7) is 1.97. The van der Waals surface area contributed by atoms with Gasteiger partial charge in [0.25, 0.3) is 5.56 Å². The smallest absolute Gasteiger partial charge is 0.264 e. The zero-order valence-corrected chi connectivity index (χ0v) is 11.1. The Morgan fingerprint density at radius 1 is 1.30 bits per heavy atom. The van der Waals surface area contributed by atoms with Gasteiger partial charge in [-0.2, -0.15) is 5.10 Å². The molecule has 6 nitrogen and oxygen atoms in total. The van der Waals surface area contributed by atoms with Crippen LogP contribution in [0.15, 0.2) is 33.5 Å². The van der Waals surface area contributed by atoms with Gasteiger partial charge in [0, 0.05) is 18.1 Å². The molecule has 2 heterocycles. The molecule has 6 heteroatoms. The number of H-pyrrole nitrogens is 1. The molecule has 0 aliphatic carbocycles. The van der Waals surface area contributed by atoms with Crippen LogP contribution in [0.3, 0.4) is 0 Å². The third-order valence-corrected chi connectivity index (χ3v) is 3.03. The van der Waals surface area contributed by atoms with Gasteiger partial charge in [-0.3, -0.25) is 4.79 Å². The van der Waals surface area contributed by atoms with Crippen molar-refractivity contribution in [2.75, 3.05) is 7.11 Å². The first kappa shape index (κ1) is 12.4. The van der Waals surface area contributed by atoms with E-state index in [1.54, 1.807) is 13.2 Å². The number of aromatic amines is 1. The molecule has 3 aromatic rings. The maximum Gasteiger partial charge on any atom is 0.264 e. The lowest BCUT2D eigenvalue weighted by Gasteiger charge is -2.03. The molecule has 1 aromatic carbocycles. The molecule has 2 aromatic heterocycles. The van der Waals surface area contributed by atoms with E-state index in [9.17, 15) is 4.79 Å². The minimum atomic E-state index is -0.245. The van der Waals surface area contributed by atoms with Gasteiger partial charge in [0.15, 0.2) is 17.0 Å². The van der Waals surface area contributed by atoms with Gasteiger partial charge in [0.05, 0.1) is 12.8 Å². The molecule has 0 radical (unpaired) electrons. The summed E-state index contributed by atoms with van der Waals surface area (Å²) in [4.78, 5) is 15.5. The SMILES string of the molecule is CCc1nc2c(OC)ccc(-c3ccc(=O)[nH]n3)c2o1. The quantitative estimate of drug-likeness (QED) is 0.789. The average molecular weight is 271 g/mol. The zero-order valence-electron chi connectivity index (χ0n) is 11.1. The molecule has 0 aliphatic rings. The number of methoxy groups -OCH3 is 1. The Morgan fingerprint density at radius 2 is 2.15 bits per heavy atom. The van der Waals surface area contributed by atoms with Crippen molar-refractivity contribution in [2.45, 2.75) is 13.3 Å². The molecule has 0 spiro atoms. The highest BCUT2D eigenvalue weighted by molar-refractivity contribution is 5.92. The highest BCUT2D eigenvalue weighted by Gasteiger charge is 2.16. The lowest BCUT2D eigenvalue weighted by molar-refractivity contribution is 0.419. The summed E-state index contributed by atoms with van der Waals surface area (Å²) in [5, 5.41) is 6.44. The number of nitrogens with zero attached hydrogens (tertiary/aromatic N) is 2. The monoisotopic (exact) mass is 271 g/mol. The fraction of sp³-hybridized carbons (Fsp3) is 0.214. The minimum Gasteiger partial charge on any atom is -0.494 e. The van der Waals surface area contributed by atoms with E-state index in [0.29, 0.717) is 34.9 Å². The Hall–Kier alpha value is -2.63. The molecule has 102 valence electrons. The predicted octanol–water partition coefficient (Wildman–Crippen LogP) is 2.15. The van der Waals surface area contributed by atoms with Crippen LogP contribution in [0.1, 0.15) is 12.8 Å². The highest BCUT2D eigenvalue weighted by atomic mass is 16.5. The van der Waals surface area contributed by atoms with E-state index >= 15 is 0 Å². The molecule has 0 unspecified atom stereocenters. The third-order valence-electron chi connectivity index (χ3n) is 3.03. The van der Waals surface area contributed by atoms with Crippen molar-refractivity contribution in [3.05, 3.63) is 40.5 Å². The molecule has 0 bridgehead atoms. The molecule has 0 atom stereocenters. The number of fused-ring (bicyclic) bond motifs is 1. The number of benzene rings is 1. The van der Waals surface area contributed by atoms with Crippen LogP contribution in [0.2, 0.25) is 0 Å². The Kier molecular flexibility index (Phi) is 2.98. The zero-order chi connectivity index (χ0) is 14.1. The topological polar surface area (TPSA) is 81.0 Å². The number of hydrogen-bond donors (Lipinski definition) is 1. The Balaban J connectivity index is 2.28. The Labute approximate surface area is 114 Å².